The minimum absolute atomic E-state index is 0. The number of hydrogen-bond donors (Lipinski definition) is 4. The Morgan fingerprint density at radius 2 is 1.05 bits per heavy atom. The molecule has 0 amide bonds. The van der Waals surface area contributed by atoms with Gasteiger partial charge in [0.2, 0.25) is 0 Å². The summed E-state index contributed by atoms with van der Waals surface area (Å²) in [6, 6.07) is 1.83. The molecule has 5 aliphatic heterocycles. The van der Waals surface area contributed by atoms with Crippen LogP contribution in [0.3, 0.4) is 0 Å². The molecular weight excluding hydrogens is 584 g/mol. The summed E-state index contributed by atoms with van der Waals surface area (Å²) in [5, 5.41) is 38.1. The predicted octanol–water partition coefficient (Wildman–Crippen LogP) is 5.60. The predicted molar refractivity (Wildman–Crippen MR) is 167 cm³/mol. The van der Waals surface area contributed by atoms with Crippen LogP contribution < -0.4 is 10.6 Å². The first-order chi connectivity index (χ1) is 20.0. The van der Waals surface area contributed by atoms with Gasteiger partial charge in [-0.05, 0) is 42.9 Å². The largest absolute Gasteiger partial charge is 2.00 e. The number of rotatable bonds is 8. The third kappa shape index (κ3) is 7.12. The number of hydrogen-bond acceptors (Lipinski definition) is 4. The molecule has 0 aromatic heterocycles. The zero-order valence-electron chi connectivity index (χ0n) is 26.4. The molecule has 0 saturated carbocycles. The molecule has 5 rings (SSSR count). The third-order valence-electron chi connectivity index (χ3n) is 12.5. The zero-order chi connectivity index (χ0) is 30.3. The van der Waals surface area contributed by atoms with Crippen LogP contribution in [-0.4, -0.2) is 70.5 Å². The number of fused-ring (bicyclic) bond motifs is 8. The minimum atomic E-state index is -0.753. The molecule has 0 aromatic carbocycles. The Morgan fingerprint density at radius 3 is 1.47 bits per heavy atom. The molecule has 4 N–H and O–H groups in total. The average Bonchev–Trinajstić information content (AvgIpc) is 3.59. The zero-order valence-corrected chi connectivity index (χ0v) is 27.5. The van der Waals surface area contributed by atoms with Crippen LogP contribution in [0.2, 0.25) is 0 Å². The number of nitrogens with one attached hydrogen (secondary N) is 2. The molecule has 242 valence electrons. The van der Waals surface area contributed by atoms with E-state index in [1.165, 1.54) is 0 Å². The van der Waals surface area contributed by atoms with Crippen LogP contribution in [-0.2, 0) is 26.7 Å². The maximum absolute atomic E-state index is 11.6. The van der Waals surface area contributed by atoms with Crippen molar-refractivity contribution in [2.24, 2.45) is 47.3 Å². The van der Waals surface area contributed by atoms with Gasteiger partial charge in [-0.25, -0.2) is 0 Å². The van der Waals surface area contributed by atoms with E-state index in [0.717, 1.165) is 25.7 Å². The summed E-state index contributed by atoms with van der Waals surface area (Å²) in [5.74, 6) is 1.20. The van der Waals surface area contributed by atoms with Gasteiger partial charge in [0, 0.05) is 37.0 Å². The normalized spacial score (nSPS) is 47.5. The summed E-state index contributed by atoms with van der Waals surface area (Å²) < 4.78 is 0. The quantitative estimate of drug-likeness (QED) is 0.203. The van der Waals surface area contributed by atoms with E-state index >= 15 is 0 Å². The van der Waals surface area contributed by atoms with Crippen molar-refractivity contribution in [3.05, 3.63) is 35.9 Å². The van der Waals surface area contributed by atoms with Crippen molar-refractivity contribution in [3.8, 4) is 0 Å². The smallest absolute Gasteiger partial charge is 0.656 e. The topological polar surface area (TPSA) is 127 Å². The second kappa shape index (κ2) is 14.5. The summed E-state index contributed by atoms with van der Waals surface area (Å²) >= 11 is 0. The molecule has 5 saturated heterocycles. The number of carboxylic acids is 2. The fraction of sp³-hybridized carbons (Fsp3) is 0.824. The van der Waals surface area contributed by atoms with Gasteiger partial charge in [-0.15, -0.1) is 37.3 Å². The summed E-state index contributed by atoms with van der Waals surface area (Å²) in [6.07, 6.45) is 9.60. The maximum Gasteiger partial charge on any atom is 2.00 e. The van der Waals surface area contributed by atoms with Crippen molar-refractivity contribution in [3.63, 3.8) is 0 Å². The number of aliphatic carboxylic acids is 2. The Balaban J connectivity index is 0.00000423. The van der Waals surface area contributed by atoms with Gasteiger partial charge in [-0.1, -0.05) is 82.8 Å². The van der Waals surface area contributed by atoms with Gasteiger partial charge in [-0.3, -0.25) is 9.59 Å². The summed E-state index contributed by atoms with van der Waals surface area (Å²) in [5.41, 5.74) is 0. The van der Waals surface area contributed by atoms with Crippen LogP contribution in [0.25, 0.3) is 10.6 Å². The third-order valence-corrected chi connectivity index (χ3v) is 12.5. The van der Waals surface area contributed by atoms with Crippen LogP contribution in [0, 0.1) is 47.3 Å². The van der Waals surface area contributed by atoms with Gasteiger partial charge in [0.25, 0.3) is 0 Å². The van der Waals surface area contributed by atoms with Gasteiger partial charge in [0.05, 0.1) is 0 Å². The number of carbonyl (C=O) groups is 2. The van der Waals surface area contributed by atoms with Crippen molar-refractivity contribution in [1.82, 2.24) is 10.6 Å². The van der Waals surface area contributed by atoms with Crippen molar-refractivity contribution in [2.75, 3.05) is 0 Å². The van der Waals surface area contributed by atoms with Gasteiger partial charge in [0.15, 0.2) is 0 Å². The van der Waals surface area contributed by atoms with E-state index in [1.807, 2.05) is 0 Å². The number of nitrogens with zero attached hydrogens (tertiary/aromatic N) is 2. The molecule has 16 unspecified atom stereocenters. The first-order valence-corrected chi connectivity index (χ1v) is 16.6. The van der Waals surface area contributed by atoms with Crippen molar-refractivity contribution < 1.29 is 36.9 Å². The van der Waals surface area contributed by atoms with Crippen molar-refractivity contribution in [2.45, 2.75) is 127 Å². The molecule has 16 atom stereocenters. The Kier molecular flexibility index (Phi) is 11.7. The summed E-state index contributed by atoms with van der Waals surface area (Å²) in [7, 11) is 0. The van der Waals surface area contributed by atoms with Gasteiger partial charge >= 0.3 is 29.0 Å². The minimum Gasteiger partial charge on any atom is -0.656 e. The molecule has 9 heteroatoms. The van der Waals surface area contributed by atoms with Crippen LogP contribution in [0.15, 0.2) is 25.3 Å². The average molecular weight is 639 g/mol. The second-order valence-corrected chi connectivity index (χ2v) is 14.5. The van der Waals surface area contributed by atoms with Gasteiger partial charge in [0.1, 0.15) is 0 Å². The van der Waals surface area contributed by atoms with E-state index < -0.39 is 11.9 Å². The van der Waals surface area contributed by atoms with Crippen LogP contribution >= 0.6 is 0 Å². The van der Waals surface area contributed by atoms with E-state index in [4.69, 9.17) is 10.6 Å². The van der Waals surface area contributed by atoms with E-state index in [9.17, 15) is 19.8 Å². The van der Waals surface area contributed by atoms with E-state index in [0.29, 0.717) is 72.5 Å². The molecule has 8 bridgehead atoms. The first kappa shape index (κ1) is 34.6. The molecule has 0 aliphatic carbocycles. The molecule has 0 aromatic rings. The Morgan fingerprint density at radius 1 is 0.651 bits per heavy atom. The number of carboxylic acid groups (broad SMARTS) is 2. The van der Waals surface area contributed by atoms with Gasteiger partial charge in [-0.2, -0.15) is 0 Å². The molecule has 43 heavy (non-hydrogen) atoms. The SMILES string of the molecule is C=CC1C2CC3[N-]C(CC4[N-]C(CC5NC(CC(N2)C1C)C(C=C)C5C)C(C)C4CCC(=O)O)C(CCC(=O)O)C3C.[Fe+2]. The molecule has 5 aliphatic rings. The Hall–Kier alpha value is -1.22. The summed E-state index contributed by atoms with van der Waals surface area (Å²) in [4.78, 5) is 23.2. The summed E-state index contributed by atoms with van der Waals surface area (Å²) in [6.45, 7) is 17.7. The molecule has 5 fully saturated rings. The van der Waals surface area contributed by atoms with Crippen LogP contribution in [0.4, 0.5) is 0 Å². The van der Waals surface area contributed by atoms with E-state index in [2.05, 4.69) is 63.6 Å². The van der Waals surface area contributed by atoms with Crippen molar-refractivity contribution >= 4 is 11.9 Å². The second-order valence-electron chi connectivity index (χ2n) is 14.5. The van der Waals surface area contributed by atoms with Gasteiger partial charge < -0.3 is 31.5 Å². The van der Waals surface area contributed by atoms with E-state index in [-0.39, 0.29) is 65.9 Å². The first-order valence-electron chi connectivity index (χ1n) is 16.6. The molecule has 5 heterocycles. The van der Waals surface area contributed by atoms with Crippen LogP contribution in [0.1, 0.15) is 79.1 Å². The molecule has 0 radical (unpaired) electrons. The van der Waals surface area contributed by atoms with E-state index in [1.54, 1.807) is 0 Å². The Labute approximate surface area is 269 Å². The maximum atomic E-state index is 11.6. The fourth-order valence-corrected chi connectivity index (χ4v) is 9.93. The standard InChI is InChI=1S/C34H54N4O4.Fe/c1-7-21-17(3)25-13-26-19(5)23(9-11-33(39)40)31(37-26)16-32-24(10-12-34(41)42)20(6)28(38-32)15-30-22(8-2)18(4)27(36-30)14-29(21)35-25;/h7-8,17-32,35-36H,1-2,9-16H2,3-6H3,(H,39,40)(H,41,42);/q-2;+2. The Bertz CT molecular complexity index is 1010. The van der Waals surface area contributed by atoms with Crippen molar-refractivity contribution in [1.29, 1.82) is 0 Å². The molecule has 8 nitrogen and oxygen atoms in total. The molecule has 0 spiro atoms. The monoisotopic (exact) mass is 638 g/mol. The fourth-order valence-electron chi connectivity index (χ4n) is 9.93. The van der Waals surface area contributed by atoms with Crippen LogP contribution in [0.5, 0.6) is 0 Å². The molecular formula is C34H54FeN4O4.